The molecule has 0 saturated heterocycles. The van der Waals surface area contributed by atoms with Gasteiger partial charge in [-0.25, -0.2) is 13.2 Å². The molecule has 1 unspecified atom stereocenters. The van der Waals surface area contributed by atoms with Crippen molar-refractivity contribution in [1.29, 1.82) is 0 Å². The van der Waals surface area contributed by atoms with Gasteiger partial charge in [-0.15, -0.1) is 0 Å². The fourth-order valence-corrected chi connectivity index (χ4v) is 1.58. The van der Waals surface area contributed by atoms with Gasteiger partial charge in [0.15, 0.2) is 17.5 Å². The van der Waals surface area contributed by atoms with Crippen molar-refractivity contribution in [2.45, 2.75) is 12.5 Å². The van der Waals surface area contributed by atoms with E-state index in [0.29, 0.717) is 0 Å². The first-order valence-electron chi connectivity index (χ1n) is 4.14. The number of rotatable bonds is 3. The lowest BCUT2D eigenvalue weighted by atomic mass is 10.0. The first kappa shape index (κ1) is 13.0. The standard InChI is InChI=1S/C9H7BrF3NO2/c10-4-1-3(5(14)2-6(15)16)7(11)9(13)8(4)12/h1,5H,2,14H2,(H,15,16). The molecule has 0 saturated carbocycles. The maximum absolute atomic E-state index is 13.2. The van der Waals surface area contributed by atoms with E-state index in [2.05, 4.69) is 15.9 Å². The van der Waals surface area contributed by atoms with Crippen LogP contribution in [0.2, 0.25) is 0 Å². The highest BCUT2D eigenvalue weighted by molar-refractivity contribution is 9.10. The van der Waals surface area contributed by atoms with Crippen molar-refractivity contribution < 1.29 is 23.1 Å². The zero-order valence-electron chi connectivity index (χ0n) is 7.81. The van der Waals surface area contributed by atoms with Gasteiger partial charge in [-0.2, -0.15) is 0 Å². The molecule has 0 fully saturated rings. The molecule has 0 aliphatic carbocycles. The average Bonchev–Trinajstić information content (AvgIpc) is 2.19. The van der Waals surface area contributed by atoms with Crippen LogP contribution in [0, 0.1) is 17.5 Å². The molecule has 3 nitrogen and oxygen atoms in total. The van der Waals surface area contributed by atoms with E-state index in [1.54, 1.807) is 0 Å². The third-order valence-corrected chi connectivity index (χ3v) is 2.50. The summed E-state index contributed by atoms with van der Waals surface area (Å²) in [5.74, 6) is -5.77. The van der Waals surface area contributed by atoms with Crippen molar-refractivity contribution in [2.24, 2.45) is 5.73 Å². The second-order valence-electron chi connectivity index (χ2n) is 3.09. The molecular formula is C9H7BrF3NO2. The van der Waals surface area contributed by atoms with Crippen molar-refractivity contribution in [3.8, 4) is 0 Å². The summed E-state index contributed by atoms with van der Waals surface area (Å²) < 4.78 is 38.8. The van der Waals surface area contributed by atoms with Crippen LogP contribution in [0.25, 0.3) is 0 Å². The smallest absolute Gasteiger partial charge is 0.305 e. The molecule has 16 heavy (non-hydrogen) atoms. The van der Waals surface area contributed by atoms with Gasteiger partial charge in [0.05, 0.1) is 10.9 Å². The Bertz CT molecular complexity index is 439. The minimum Gasteiger partial charge on any atom is -0.481 e. The number of hydrogen-bond acceptors (Lipinski definition) is 2. The van der Waals surface area contributed by atoms with Crippen LogP contribution >= 0.6 is 15.9 Å². The molecule has 3 N–H and O–H groups in total. The fraction of sp³-hybridized carbons (Fsp3) is 0.222. The Morgan fingerprint density at radius 3 is 2.44 bits per heavy atom. The lowest BCUT2D eigenvalue weighted by Gasteiger charge is -2.12. The number of carboxylic acids is 1. The molecular weight excluding hydrogens is 291 g/mol. The summed E-state index contributed by atoms with van der Waals surface area (Å²) in [6, 6.07) is -0.301. The molecule has 0 radical (unpaired) electrons. The number of benzene rings is 1. The van der Waals surface area contributed by atoms with Crippen LogP contribution < -0.4 is 5.73 Å². The number of halogens is 4. The van der Waals surface area contributed by atoms with E-state index in [1.165, 1.54) is 0 Å². The summed E-state index contributed by atoms with van der Waals surface area (Å²) in [4.78, 5) is 10.3. The topological polar surface area (TPSA) is 63.3 Å². The third kappa shape index (κ3) is 2.53. The van der Waals surface area contributed by atoms with Crippen LogP contribution in [0.3, 0.4) is 0 Å². The number of carbonyl (C=O) groups is 1. The molecule has 1 aromatic rings. The number of nitrogens with two attached hydrogens (primary N) is 1. The zero-order valence-corrected chi connectivity index (χ0v) is 9.39. The molecule has 1 aromatic carbocycles. The van der Waals surface area contributed by atoms with Crippen molar-refractivity contribution >= 4 is 21.9 Å². The van der Waals surface area contributed by atoms with E-state index >= 15 is 0 Å². The van der Waals surface area contributed by atoms with E-state index in [0.717, 1.165) is 6.07 Å². The van der Waals surface area contributed by atoms with Gasteiger partial charge in [0, 0.05) is 11.6 Å². The molecule has 1 atom stereocenters. The zero-order chi connectivity index (χ0) is 12.5. The van der Waals surface area contributed by atoms with Crippen molar-refractivity contribution in [3.05, 3.63) is 33.6 Å². The summed E-state index contributed by atoms with van der Waals surface area (Å²) in [6.07, 6.45) is -0.575. The molecule has 0 spiro atoms. The predicted molar refractivity (Wildman–Crippen MR) is 53.2 cm³/mol. The third-order valence-electron chi connectivity index (χ3n) is 1.92. The van der Waals surface area contributed by atoms with E-state index in [1.807, 2.05) is 0 Å². The maximum Gasteiger partial charge on any atom is 0.305 e. The van der Waals surface area contributed by atoms with E-state index in [9.17, 15) is 18.0 Å². The molecule has 88 valence electrons. The second-order valence-corrected chi connectivity index (χ2v) is 3.95. The van der Waals surface area contributed by atoms with E-state index < -0.39 is 35.9 Å². The molecule has 0 bridgehead atoms. The highest BCUT2D eigenvalue weighted by Gasteiger charge is 2.22. The SMILES string of the molecule is NC(CC(=O)O)c1cc(Br)c(F)c(F)c1F. The predicted octanol–water partition coefficient (Wildman–Crippen LogP) is 2.34. The maximum atomic E-state index is 13.2. The number of carboxylic acid groups (broad SMARTS) is 1. The molecule has 0 aliphatic rings. The molecule has 0 aromatic heterocycles. The Hall–Kier alpha value is -1.08. The summed E-state index contributed by atoms with van der Waals surface area (Å²) in [7, 11) is 0. The van der Waals surface area contributed by atoms with Gasteiger partial charge in [-0.3, -0.25) is 4.79 Å². The van der Waals surface area contributed by atoms with Gasteiger partial charge in [-0.05, 0) is 22.0 Å². The molecule has 0 heterocycles. The van der Waals surface area contributed by atoms with Crippen LogP contribution in [0.5, 0.6) is 0 Å². The van der Waals surface area contributed by atoms with Crippen LogP contribution in [-0.2, 0) is 4.79 Å². The minimum absolute atomic E-state index is 0.303. The lowest BCUT2D eigenvalue weighted by Crippen LogP contribution is -2.17. The monoisotopic (exact) mass is 297 g/mol. The van der Waals surface area contributed by atoms with Gasteiger partial charge >= 0.3 is 5.97 Å². The summed E-state index contributed by atoms with van der Waals surface area (Å²) >= 11 is 2.68. The van der Waals surface area contributed by atoms with E-state index in [4.69, 9.17) is 10.8 Å². The Morgan fingerprint density at radius 2 is 1.94 bits per heavy atom. The molecule has 1 rings (SSSR count). The van der Waals surface area contributed by atoms with Crippen LogP contribution in [-0.4, -0.2) is 11.1 Å². The quantitative estimate of drug-likeness (QED) is 0.665. The van der Waals surface area contributed by atoms with Gasteiger partial charge < -0.3 is 10.8 Å². The Labute approximate surface area is 97.2 Å². The highest BCUT2D eigenvalue weighted by atomic mass is 79.9. The summed E-state index contributed by atoms with van der Waals surface area (Å²) in [5, 5.41) is 8.45. The minimum atomic E-state index is -1.68. The van der Waals surface area contributed by atoms with Crippen molar-refractivity contribution in [1.82, 2.24) is 0 Å². The van der Waals surface area contributed by atoms with Gasteiger partial charge in [0.25, 0.3) is 0 Å². The van der Waals surface area contributed by atoms with Crippen LogP contribution in [0.1, 0.15) is 18.0 Å². The summed E-state index contributed by atoms with van der Waals surface area (Å²) in [6.45, 7) is 0. The van der Waals surface area contributed by atoms with E-state index in [-0.39, 0.29) is 10.0 Å². The number of aliphatic carboxylic acids is 1. The van der Waals surface area contributed by atoms with Gasteiger partial charge in [0.2, 0.25) is 0 Å². The van der Waals surface area contributed by atoms with Crippen molar-refractivity contribution in [2.75, 3.05) is 0 Å². The van der Waals surface area contributed by atoms with Gasteiger partial charge in [-0.1, -0.05) is 0 Å². The van der Waals surface area contributed by atoms with Crippen molar-refractivity contribution in [3.63, 3.8) is 0 Å². The molecule has 0 aliphatic heterocycles. The Balaban J connectivity index is 3.19. The first-order valence-corrected chi connectivity index (χ1v) is 4.94. The Kier molecular flexibility index (Phi) is 3.93. The fourth-order valence-electron chi connectivity index (χ4n) is 1.16. The number of hydrogen-bond donors (Lipinski definition) is 2. The molecule has 7 heteroatoms. The first-order chi connectivity index (χ1) is 7.34. The lowest BCUT2D eigenvalue weighted by molar-refractivity contribution is -0.137. The van der Waals surface area contributed by atoms with Gasteiger partial charge in [0.1, 0.15) is 0 Å². The largest absolute Gasteiger partial charge is 0.481 e. The Morgan fingerprint density at radius 1 is 1.38 bits per heavy atom. The highest BCUT2D eigenvalue weighted by Crippen LogP contribution is 2.27. The normalized spacial score (nSPS) is 12.6. The van der Waals surface area contributed by atoms with Crippen LogP contribution in [0.4, 0.5) is 13.2 Å². The molecule has 0 amide bonds. The second kappa shape index (κ2) is 4.84. The summed E-state index contributed by atoms with van der Waals surface area (Å²) in [5.41, 5.74) is 4.97. The van der Waals surface area contributed by atoms with Crippen LogP contribution in [0.15, 0.2) is 10.5 Å². The average molecular weight is 298 g/mol.